The molecule has 28 heavy (non-hydrogen) atoms. The van der Waals surface area contributed by atoms with E-state index in [1.165, 1.54) is 0 Å². The number of hydrogen-bond donors (Lipinski definition) is 3. The fourth-order valence-corrected chi connectivity index (χ4v) is 3.91. The lowest BCUT2D eigenvalue weighted by Crippen LogP contribution is -2.49. The first-order valence-corrected chi connectivity index (χ1v) is 10.6. The molecule has 7 nitrogen and oxygen atoms in total. The van der Waals surface area contributed by atoms with Crippen LogP contribution in [0.3, 0.4) is 0 Å². The van der Waals surface area contributed by atoms with E-state index < -0.39 is 0 Å². The number of rotatable bonds is 7. The van der Waals surface area contributed by atoms with Crippen molar-refractivity contribution in [2.75, 3.05) is 46.4 Å². The van der Waals surface area contributed by atoms with E-state index in [4.69, 9.17) is 4.74 Å². The van der Waals surface area contributed by atoms with Crippen LogP contribution >= 0.6 is 24.0 Å². The van der Waals surface area contributed by atoms with Crippen LogP contribution in [0.1, 0.15) is 46.5 Å². The van der Waals surface area contributed by atoms with Crippen molar-refractivity contribution < 1.29 is 9.53 Å². The van der Waals surface area contributed by atoms with Gasteiger partial charge in [-0.25, -0.2) is 0 Å². The summed E-state index contributed by atoms with van der Waals surface area (Å²) in [4.78, 5) is 19.2. The summed E-state index contributed by atoms with van der Waals surface area (Å²) in [6.07, 6.45) is 4.04. The second-order valence-corrected chi connectivity index (χ2v) is 8.34. The molecule has 0 aromatic heterocycles. The van der Waals surface area contributed by atoms with Gasteiger partial charge in [-0.15, -0.1) is 24.0 Å². The third-order valence-corrected chi connectivity index (χ3v) is 5.33. The van der Waals surface area contributed by atoms with Gasteiger partial charge in [0.05, 0.1) is 13.2 Å². The minimum atomic E-state index is 0. The number of ether oxygens (including phenoxy) is 1. The molecule has 0 aromatic carbocycles. The molecule has 1 amide bonds. The fourth-order valence-electron chi connectivity index (χ4n) is 3.91. The largest absolute Gasteiger partial charge is 0.379 e. The monoisotopic (exact) mass is 509 g/mol. The maximum atomic E-state index is 12.3. The number of guanidine groups is 1. The van der Waals surface area contributed by atoms with Crippen LogP contribution in [0, 0.1) is 11.8 Å². The van der Waals surface area contributed by atoms with Crippen molar-refractivity contribution in [1.82, 2.24) is 20.9 Å². The lowest BCUT2D eigenvalue weighted by atomic mass is 9.85. The molecular formula is C20H40IN5O2. The summed E-state index contributed by atoms with van der Waals surface area (Å²) in [5.41, 5.74) is 0. The number of carbonyl (C=O) groups is 1. The zero-order valence-electron chi connectivity index (χ0n) is 18.0. The predicted octanol–water partition coefficient (Wildman–Crippen LogP) is 1.82. The number of morpholine rings is 1. The average molecular weight is 509 g/mol. The number of hydrogen-bond acceptors (Lipinski definition) is 4. The smallest absolute Gasteiger partial charge is 0.223 e. The molecule has 1 saturated carbocycles. The van der Waals surface area contributed by atoms with Crippen molar-refractivity contribution >= 4 is 35.8 Å². The Labute approximate surface area is 187 Å². The van der Waals surface area contributed by atoms with Gasteiger partial charge >= 0.3 is 0 Å². The second kappa shape index (κ2) is 13.6. The summed E-state index contributed by atoms with van der Waals surface area (Å²) in [7, 11) is 1.81. The van der Waals surface area contributed by atoms with Crippen LogP contribution in [0.4, 0.5) is 0 Å². The van der Waals surface area contributed by atoms with Crippen molar-refractivity contribution in [2.24, 2.45) is 16.8 Å². The normalized spacial score (nSPS) is 25.0. The Bertz CT molecular complexity index is 483. The highest BCUT2D eigenvalue weighted by Gasteiger charge is 2.28. The average Bonchev–Trinajstić information content (AvgIpc) is 2.65. The topological polar surface area (TPSA) is 78.0 Å². The molecule has 0 bridgehead atoms. The van der Waals surface area contributed by atoms with Crippen LogP contribution < -0.4 is 16.0 Å². The van der Waals surface area contributed by atoms with E-state index in [1.807, 2.05) is 20.9 Å². The van der Waals surface area contributed by atoms with Gasteiger partial charge in [0, 0.05) is 51.2 Å². The molecule has 0 aromatic rings. The molecule has 3 unspecified atom stereocenters. The Morgan fingerprint density at radius 1 is 1.21 bits per heavy atom. The lowest BCUT2D eigenvalue weighted by Gasteiger charge is -2.31. The molecule has 1 saturated heterocycles. The van der Waals surface area contributed by atoms with Crippen LogP contribution in [0.25, 0.3) is 0 Å². The van der Waals surface area contributed by atoms with Crippen molar-refractivity contribution in [2.45, 2.75) is 58.5 Å². The number of halogens is 1. The molecule has 3 N–H and O–H groups in total. The third-order valence-electron chi connectivity index (χ3n) is 5.33. The first kappa shape index (κ1) is 25.4. The van der Waals surface area contributed by atoms with Gasteiger partial charge < -0.3 is 20.7 Å². The molecule has 0 spiro atoms. The van der Waals surface area contributed by atoms with E-state index in [-0.39, 0.29) is 41.8 Å². The van der Waals surface area contributed by atoms with Gasteiger partial charge in [0.15, 0.2) is 5.96 Å². The third kappa shape index (κ3) is 9.26. The minimum Gasteiger partial charge on any atom is -0.379 e. The van der Waals surface area contributed by atoms with E-state index in [9.17, 15) is 4.79 Å². The van der Waals surface area contributed by atoms with Gasteiger partial charge in [-0.3, -0.25) is 14.7 Å². The van der Waals surface area contributed by atoms with E-state index >= 15 is 0 Å². The van der Waals surface area contributed by atoms with Gasteiger partial charge in [-0.2, -0.15) is 0 Å². The summed E-state index contributed by atoms with van der Waals surface area (Å²) in [5, 5.41) is 10.0. The van der Waals surface area contributed by atoms with Crippen LogP contribution in [0.2, 0.25) is 0 Å². The SMILES string of the molecule is CN=C(NCC(C)CN1CCOCC1)NC1CCCC(C(=O)NC(C)C)C1.I. The van der Waals surface area contributed by atoms with Crippen molar-refractivity contribution in [3.05, 3.63) is 0 Å². The minimum absolute atomic E-state index is 0. The Morgan fingerprint density at radius 2 is 1.93 bits per heavy atom. The highest BCUT2D eigenvalue weighted by molar-refractivity contribution is 14.0. The standard InChI is InChI=1S/C20H39N5O2.HI/c1-15(2)23-19(26)17-6-5-7-18(12-17)24-20(21-4)22-13-16(3)14-25-8-10-27-11-9-25;/h15-18H,5-14H2,1-4H3,(H,23,26)(H2,21,22,24);1H. The number of nitrogens with one attached hydrogen (secondary N) is 3. The summed E-state index contributed by atoms with van der Waals surface area (Å²) >= 11 is 0. The number of carbonyl (C=O) groups excluding carboxylic acids is 1. The summed E-state index contributed by atoms with van der Waals surface area (Å²) < 4.78 is 5.41. The molecule has 164 valence electrons. The molecule has 0 radical (unpaired) electrons. The van der Waals surface area contributed by atoms with Crippen molar-refractivity contribution in [3.63, 3.8) is 0 Å². The van der Waals surface area contributed by atoms with Crippen molar-refractivity contribution in [1.29, 1.82) is 0 Å². The highest BCUT2D eigenvalue weighted by atomic mass is 127. The van der Waals surface area contributed by atoms with E-state index in [0.29, 0.717) is 12.0 Å². The van der Waals surface area contributed by atoms with E-state index in [2.05, 4.69) is 32.8 Å². The van der Waals surface area contributed by atoms with Gasteiger partial charge in [0.25, 0.3) is 0 Å². The van der Waals surface area contributed by atoms with Gasteiger partial charge in [-0.1, -0.05) is 13.3 Å². The van der Waals surface area contributed by atoms with Crippen LogP contribution in [0.15, 0.2) is 4.99 Å². The molecule has 8 heteroatoms. The highest BCUT2D eigenvalue weighted by Crippen LogP contribution is 2.24. The number of amides is 1. The lowest BCUT2D eigenvalue weighted by molar-refractivity contribution is -0.126. The zero-order chi connectivity index (χ0) is 19.6. The first-order chi connectivity index (χ1) is 13.0. The molecular weight excluding hydrogens is 469 g/mol. The van der Waals surface area contributed by atoms with Gasteiger partial charge in [0.2, 0.25) is 5.91 Å². The summed E-state index contributed by atoms with van der Waals surface area (Å²) in [6, 6.07) is 0.510. The Hall–Kier alpha value is -0.610. The molecule has 1 heterocycles. The Kier molecular flexibility index (Phi) is 12.3. The summed E-state index contributed by atoms with van der Waals surface area (Å²) in [5.74, 6) is 1.69. The quantitative estimate of drug-likeness (QED) is 0.277. The molecule has 1 aliphatic carbocycles. The van der Waals surface area contributed by atoms with Gasteiger partial charge in [-0.05, 0) is 39.0 Å². The molecule has 3 atom stereocenters. The van der Waals surface area contributed by atoms with Crippen molar-refractivity contribution in [3.8, 4) is 0 Å². The Balaban J connectivity index is 0.00000392. The maximum absolute atomic E-state index is 12.3. The first-order valence-electron chi connectivity index (χ1n) is 10.6. The number of aliphatic imine (C=N–C) groups is 1. The number of nitrogens with zero attached hydrogens (tertiary/aromatic N) is 2. The van der Waals surface area contributed by atoms with Crippen LogP contribution in [-0.2, 0) is 9.53 Å². The fraction of sp³-hybridized carbons (Fsp3) is 0.900. The second-order valence-electron chi connectivity index (χ2n) is 8.34. The predicted molar refractivity (Wildman–Crippen MR) is 125 cm³/mol. The molecule has 2 aliphatic rings. The maximum Gasteiger partial charge on any atom is 0.223 e. The van der Waals surface area contributed by atoms with E-state index in [0.717, 1.165) is 71.0 Å². The van der Waals surface area contributed by atoms with Gasteiger partial charge in [0.1, 0.15) is 0 Å². The van der Waals surface area contributed by atoms with Crippen LogP contribution in [-0.4, -0.2) is 75.3 Å². The molecule has 2 rings (SSSR count). The van der Waals surface area contributed by atoms with E-state index in [1.54, 1.807) is 0 Å². The molecule has 2 fully saturated rings. The Morgan fingerprint density at radius 3 is 2.57 bits per heavy atom. The summed E-state index contributed by atoms with van der Waals surface area (Å²) in [6.45, 7) is 12.0. The molecule has 1 aliphatic heterocycles. The zero-order valence-corrected chi connectivity index (χ0v) is 20.3. The van der Waals surface area contributed by atoms with Crippen LogP contribution in [0.5, 0.6) is 0 Å².